The van der Waals surface area contributed by atoms with Crippen molar-refractivity contribution in [3.8, 4) is 0 Å². The van der Waals surface area contributed by atoms with Gasteiger partial charge in [0.2, 0.25) is 5.91 Å². The number of pyridine rings is 1. The Labute approximate surface area is 135 Å². The molecule has 0 N–H and O–H groups in total. The average molecular weight is 315 g/mol. The second-order valence-electron chi connectivity index (χ2n) is 5.62. The van der Waals surface area contributed by atoms with Crippen molar-refractivity contribution >= 4 is 17.5 Å². The third-order valence-electron chi connectivity index (χ3n) is 4.13. The van der Waals surface area contributed by atoms with E-state index in [2.05, 4.69) is 11.1 Å². The van der Waals surface area contributed by atoms with Crippen LogP contribution in [-0.4, -0.2) is 22.3 Å². The molecule has 1 atom stereocenters. The van der Waals surface area contributed by atoms with Gasteiger partial charge in [-0.25, -0.2) is 0 Å². The van der Waals surface area contributed by atoms with E-state index in [1.54, 1.807) is 6.20 Å². The van der Waals surface area contributed by atoms with Crippen molar-refractivity contribution in [2.75, 3.05) is 6.54 Å². The molecule has 114 valence electrons. The fourth-order valence-electron chi connectivity index (χ4n) is 3.05. The van der Waals surface area contributed by atoms with E-state index in [1.807, 2.05) is 41.3 Å². The normalized spacial score (nSPS) is 17.7. The molecule has 3 rings (SSSR count). The SMILES string of the molecule is O=C(CCc1ccccn1)N1CCC[C@@H]1c1cccc(Cl)c1. The molecule has 0 radical (unpaired) electrons. The summed E-state index contributed by atoms with van der Waals surface area (Å²) in [6, 6.07) is 13.8. The quantitative estimate of drug-likeness (QED) is 0.853. The van der Waals surface area contributed by atoms with Crippen molar-refractivity contribution in [1.29, 1.82) is 0 Å². The first-order chi connectivity index (χ1) is 10.7. The maximum absolute atomic E-state index is 12.6. The second kappa shape index (κ2) is 6.93. The van der Waals surface area contributed by atoms with Gasteiger partial charge in [0.25, 0.3) is 0 Å². The van der Waals surface area contributed by atoms with Crippen molar-refractivity contribution in [3.05, 3.63) is 64.9 Å². The zero-order valence-corrected chi connectivity index (χ0v) is 13.2. The lowest BCUT2D eigenvalue weighted by Gasteiger charge is -2.25. The van der Waals surface area contributed by atoms with Gasteiger partial charge in [-0.15, -0.1) is 0 Å². The number of rotatable bonds is 4. The van der Waals surface area contributed by atoms with E-state index in [9.17, 15) is 4.79 Å². The van der Waals surface area contributed by atoms with Gasteiger partial charge in [0.05, 0.1) is 6.04 Å². The standard InChI is InChI=1S/C18H19ClN2O/c19-15-6-3-5-14(13-15)17-8-4-12-21(17)18(22)10-9-16-7-1-2-11-20-16/h1-3,5-7,11,13,17H,4,8-10,12H2/t17-/m1/s1. The first kappa shape index (κ1) is 15.0. The van der Waals surface area contributed by atoms with Crippen molar-refractivity contribution < 1.29 is 4.79 Å². The predicted molar refractivity (Wildman–Crippen MR) is 87.7 cm³/mol. The molecule has 1 aromatic carbocycles. The number of hydrogen-bond donors (Lipinski definition) is 0. The first-order valence-electron chi connectivity index (χ1n) is 7.69. The number of amides is 1. The minimum atomic E-state index is 0.162. The van der Waals surface area contributed by atoms with Gasteiger partial charge >= 0.3 is 0 Å². The van der Waals surface area contributed by atoms with Crippen molar-refractivity contribution in [2.45, 2.75) is 31.7 Å². The molecule has 3 nitrogen and oxygen atoms in total. The summed E-state index contributed by atoms with van der Waals surface area (Å²) < 4.78 is 0. The van der Waals surface area contributed by atoms with Gasteiger partial charge in [-0.05, 0) is 49.1 Å². The summed E-state index contributed by atoms with van der Waals surface area (Å²) in [6.45, 7) is 0.832. The largest absolute Gasteiger partial charge is 0.336 e. The molecule has 1 aliphatic rings. The number of likely N-dealkylation sites (tertiary alicyclic amines) is 1. The van der Waals surface area contributed by atoms with Crippen LogP contribution in [0.1, 0.15) is 36.6 Å². The van der Waals surface area contributed by atoms with E-state index in [0.29, 0.717) is 12.8 Å². The molecule has 0 unspecified atom stereocenters. The summed E-state index contributed by atoms with van der Waals surface area (Å²) in [5.41, 5.74) is 2.10. The maximum Gasteiger partial charge on any atom is 0.223 e. The summed E-state index contributed by atoms with van der Waals surface area (Å²) in [5.74, 6) is 0.202. The van der Waals surface area contributed by atoms with Gasteiger partial charge in [0.15, 0.2) is 0 Å². The van der Waals surface area contributed by atoms with E-state index in [0.717, 1.165) is 35.7 Å². The average Bonchev–Trinajstić information content (AvgIpc) is 3.03. The zero-order valence-electron chi connectivity index (χ0n) is 12.4. The fraction of sp³-hybridized carbons (Fsp3) is 0.333. The number of halogens is 1. The van der Waals surface area contributed by atoms with Gasteiger partial charge in [-0.2, -0.15) is 0 Å². The highest BCUT2D eigenvalue weighted by Gasteiger charge is 2.29. The Bertz CT molecular complexity index is 645. The van der Waals surface area contributed by atoms with Crippen LogP contribution in [0, 0.1) is 0 Å². The minimum absolute atomic E-state index is 0.162. The van der Waals surface area contributed by atoms with Crippen LogP contribution in [-0.2, 0) is 11.2 Å². The Hall–Kier alpha value is -1.87. The molecule has 4 heteroatoms. The Morgan fingerprint density at radius 1 is 1.27 bits per heavy atom. The third kappa shape index (κ3) is 3.47. The predicted octanol–water partition coefficient (Wildman–Crippen LogP) is 4.03. The highest BCUT2D eigenvalue weighted by molar-refractivity contribution is 6.30. The topological polar surface area (TPSA) is 33.2 Å². The van der Waals surface area contributed by atoms with E-state index >= 15 is 0 Å². The molecule has 22 heavy (non-hydrogen) atoms. The molecular formula is C18H19ClN2O. The Kier molecular flexibility index (Phi) is 4.74. The van der Waals surface area contributed by atoms with Crippen LogP contribution in [0.15, 0.2) is 48.7 Å². The van der Waals surface area contributed by atoms with Gasteiger partial charge in [-0.3, -0.25) is 9.78 Å². The summed E-state index contributed by atoms with van der Waals surface area (Å²) in [5, 5.41) is 0.727. The number of hydrogen-bond acceptors (Lipinski definition) is 2. The van der Waals surface area contributed by atoms with Crippen LogP contribution in [0.2, 0.25) is 5.02 Å². The van der Waals surface area contributed by atoms with Gasteiger partial charge in [0.1, 0.15) is 0 Å². The van der Waals surface area contributed by atoms with Crippen LogP contribution >= 0.6 is 11.6 Å². The molecule has 0 saturated carbocycles. The summed E-state index contributed by atoms with van der Waals surface area (Å²) >= 11 is 6.08. The number of aromatic nitrogens is 1. The maximum atomic E-state index is 12.6. The monoisotopic (exact) mass is 314 g/mol. The van der Waals surface area contributed by atoms with Crippen LogP contribution in [0.5, 0.6) is 0 Å². The highest BCUT2D eigenvalue weighted by Crippen LogP contribution is 2.33. The van der Waals surface area contributed by atoms with E-state index in [4.69, 9.17) is 11.6 Å². The van der Waals surface area contributed by atoms with Crippen LogP contribution in [0.4, 0.5) is 0 Å². The highest BCUT2D eigenvalue weighted by atomic mass is 35.5. The Balaban J connectivity index is 1.66. The van der Waals surface area contributed by atoms with Crippen molar-refractivity contribution in [1.82, 2.24) is 9.88 Å². The molecule has 2 heterocycles. The molecule has 1 fully saturated rings. The lowest BCUT2D eigenvalue weighted by molar-refractivity contribution is -0.132. The van der Waals surface area contributed by atoms with Crippen LogP contribution in [0.3, 0.4) is 0 Å². The summed E-state index contributed by atoms with van der Waals surface area (Å²) in [4.78, 5) is 18.8. The molecule has 1 aromatic heterocycles. The van der Waals surface area contributed by atoms with E-state index in [1.165, 1.54) is 0 Å². The number of benzene rings is 1. The van der Waals surface area contributed by atoms with E-state index in [-0.39, 0.29) is 11.9 Å². The number of carbonyl (C=O) groups is 1. The number of aryl methyl sites for hydroxylation is 1. The molecule has 1 saturated heterocycles. The van der Waals surface area contributed by atoms with Crippen LogP contribution < -0.4 is 0 Å². The zero-order chi connectivity index (χ0) is 15.4. The van der Waals surface area contributed by atoms with Crippen molar-refractivity contribution in [3.63, 3.8) is 0 Å². The first-order valence-corrected chi connectivity index (χ1v) is 8.06. The lowest BCUT2D eigenvalue weighted by Crippen LogP contribution is -2.30. The smallest absolute Gasteiger partial charge is 0.223 e. The Morgan fingerprint density at radius 2 is 2.18 bits per heavy atom. The Morgan fingerprint density at radius 3 is 2.95 bits per heavy atom. The molecule has 1 aliphatic heterocycles. The number of nitrogens with zero attached hydrogens (tertiary/aromatic N) is 2. The molecule has 0 bridgehead atoms. The van der Waals surface area contributed by atoms with Gasteiger partial charge in [0, 0.05) is 29.9 Å². The van der Waals surface area contributed by atoms with Crippen molar-refractivity contribution in [2.24, 2.45) is 0 Å². The van der Waals surface area contributed by atoms with Crippen LogP contribution in [0.25, 0.3) is 0 Å². The molecule has 0 spiro atoms. The molecule has 2 aromatic rings. The van der Waals surface area contributed by atoms with Gasteiger partial charge in [-0.1, -0.05) is 29.8 Å². The van der Waals surface area contributed by atoms with E-state index < -0.39 is 0 Å². The summed E-state index contributed by atoms with van der Waals surface area (Å²) in [7, 11) is 0. The molecule has 1 amide bonds. The minimum Gasteiger partial charge on any atom is -0.336 e. The molecule has 0 aliphatic carbocycles. The molecular weight excluding hydrogens is 296 g/mol. The summed E-state index contributed by atoms with van der Waals surface area (Å²) in [6.07, 6.45) is 5.03. The van der Waals surface area contributed by atoms with Gasteiger partial charge < -0.3 is 4.90 Å². The number of carbonyl (C=O) groups excluding carboxylic acids is 1. The second-order valence-corrected chi connectivity index (χ2v) is 6.06. The fourth-order valence-corrected chi connectivity index (χ4v) is 3.25. The lowest BCUT2D eigenvalue weighted by atomic mass is 10.0. The third-order valence-corrected chi connectivity index (χ3v) is 4.36.